The Labute approximate surface area is 270 Å². The minimum atomic E-state index is -3.76. The van der Waals surface area contributed by atoms with Gasteiger partial charge in [0, 0.05) is 31.3 Å². The normalized spacial score (nSPS) is 23.2. The van der Waals surface area contributed by atoms with Crippen LogP contribution in [0.2, 0.25) is 0 Å². The number of nitrogens with zero attached hydrogens (tertiary/aromatic N) is 1. The molecule has 0 unspecified atom stereocenters. The number of hydrogen-bond acceptors (Lipinski definition) is 7. The number of benzene rings is 1. The molecule has 1 aliphatic heterocycles. The molecule has 45 heavy (non-hydrogen) atoms. The zero-order valence-corrected chi connectivity index (χ0v) is 29.1. The van der Waals surface area contributed by atoms with Gasteiger partial charge in [0.15, 0.2) is 9.84 Å². The number of amides is 3. The average Bonchev–Trinajstić information content (AvgIpc) is 2.96. The number of piperidine rings is 1. The molecule has 11 heteroatoms. The molecule has 0 radical (unpaired) electrons. The summed E-state index contributed by atoms with van der Waals surface area (Å²) in [7, 11) is -3.76. The topological polar surface area (TPSA) is 145 Å². The van der Waals surface area contributed by atoms with E-state index in [1.54, 1.807) is 0 Å². The maximum atomic E-state index is 13.8. The minimum absolute atomic E-state index is 0.0548. The molecule has 0 bridgehead atoms. The lowest BCUT2D eigenvalue weighted by atomic mass is 9.72. The van der Waals surface area contributed by atoms with E-state index in [0.29, 0.717) is 31.2 Å². The van der Waals surface area contributed by atoms with Gasteiger partial charge >= 0.3 is 0 Å². The van der Waals surface area contributed by atoms with Crippen molar-refractivity contribution in [2.24, 2.45) is 11.8 Å². The third-order valence-electron chi connectivity index (χ3n) is 9.59. The lowest BCUT2D eigenvalue weighted by Crippen LogP contribution is -2.64. The summed E-state index contributed by atoms with van der Waals surface area (Å²) in [4.78, 5) is 41.6. The predicted octanol–water partition coefficient (Wildman–Crippen LogP) is 2.98. The number of carbonyl (C=O) groups is 3. The number of fused-ring (bicyclic) bond motifs is 1. The van der Waals surface area contributed by atoms with Crippen molar-refractivity contribution < 1.29 is 27.9 Å². The fourth-order valence-electron chi connectivity index (χ4n) is 6.90. The first kappa shape index (κ1) is 37.0. The Kier molecular flexibility index (Phi) is 12.6. The number of sulfone groups is 1. The molecule has 3 rings (SSSR count). The maximum absolute atomic E-state index is 13.8. The van der Waals surface area contributed by atoms with Crippen molar-refractivity contribution >= 4 is 27.6 Å². The molecular formula is C34H56N4O6S. The van der Waals surface area contributed by atoms with Gasteiger partial charge in [-0.1, -0.05) is 56.5 Å². The zero-order valence-electron chi connectivity index (χ0n) is 28.3. The van der Waals surface area contributed by atoms with Gasteiger partial charge in [-0.25, -0.2) is 8.42 Å². The minimum Gasteiger partial charge on any atom is -0.390 e. The van der Waals surface area contributed by atoms with Crippen LogP contribution < -0.4 is 16.0 Å². The fraction of sp³-hybridized carbons (Fsp3) is 0.735. The van der Waals surface area contributed by atoms with Crippen molar-refractivity contribution in [1.29, 1.82) is 0 Å². The molecule has 10 nitrogen and oxygen atoms in total. The highest BCUT2D eigenvalue weighted by molar-refractivity contribution is 7.92. The fourth-order valence-corrected chi connectivity index (χ4v) is 8.17. The summed E-state index contributed by atoms with van der Waals surface area (Å²) in [6, 6.07) is 7.20. The molecule has 2 fully saturated rings. The van der Waals surface area contributed by atoms with Crippen LogP contribution in [0.3, 0.4) is 0 Å². The number of β-amino-alcohol motifs (C(OH)–C–C–N with tert-alkyl or cyclic N) is 1. The molecule has 3 amide bonds. The lowest BCUT2D eigenvalue weighted by molar-refractivity contribution is -0.133. The van der Waals surface area contributed by atoms with Crippen molar-refractivity contribution in [2.75, 3.05) is 18.8 Å². The largest absolute Gasteiger partial charge is 0.390 e. The number of hydrogen-bond donors (Lipinski definition) is 4. The van der Waals surface area contributed by atoms with Gasteiger partial charge < -0.3 is 21.1 Å². The Morgan fingerprint density at radius 1 is 1.00 bits per heavy atom. The van der Waals surface area contributed by atoms with Gasteiger partial charge in [-0.15, -0.1) is 0 Å². The molecule has 4 N–H and O–H groups in total. The summed E-state index contributed by atoms with van der Waals surface area (Å²) in [5, 5.41) is 20.4. The highest BCUT2D eigenvalue weighted by Crippen LogP contribution is 2.39. The number of likely N-dealkylation sites (tertiary alicyclic amines) is 1. The summed E-state index contributed by atoms with van der Waals surface area (Å²) in [6.07, 6.45) is 5.15. The van der Waals surface area contributed by atoms with Crippen molar-refractivity contribution in [1.82, 2.24) is 20.9 Å². The molecule has 1 aliphatic carbocycles. The van der Waals surface area contributed by atoms with Crippen LogP contribution in [0.1, 0.15) is 92.6 Å². The van der Waals surface area contributed by atoms with Crippen molar-refractivity contribution in [3.05, 3.63) is 35.9 Å². The summed E-state index contributed by atoms with van der Waals surface area (Å²) in [5.74, 6) is -0.528. The highest BCUT2D eigenvalue weighted by Gasteiger charge is 2.46. The van der Waals surface area contributed by atoms with E-state index in [2.05, 4.69) is 20.9 Å². The second-order valence-electron chi connectivity index (χ2n) is 14.6. The van der Waals surface area contributed by atoms with Crippen LogP contribution in [0.5, 0.6) is 0 Å². The smallest absolute Gasteiger partial charge is 0.244 e. The number of aliphatic hydroxyl groups is 1. The van der Waals surface area contributed by atoms with Crippen molar-refractivity contribution in [2.45, 2.75) is 128 Å². The zero-order chi connectivity index (χ0) is 33.6. The van der Waals surface area contributed by atoms with Crippen LogP contribution in [0.25, 0.3) is 0 Å². The first-order valence-electron chi connectivity index (χ1n) is 16.5. The van der Waals surface area contributed by atoms with Gasteiger partial charge in [0.1, 0.15) is 6.04 Å². The maximum Gasteiger partial charge on any atom is 0.244 e. The molecular weight excluding hydrogens is 592 g/mol. The molecule has 1 aromatic rings. The van der Waals surface area contributed by atoms with Crippen molar-refractivity contribution in [3.63, 3.8) is 0 Å². The Balaban J connectivity index is 1.90. The van der Waals surface area contributed by atoms with E-state index in [1.165, 1.54) is 34.1 Å². The summed E-state index contributed by atoms with van der Waals surface area (Å²) >= 11 is 0. The van der Waals surface area contributed by atoms with E-state index in [4.69, 9.17) is 0 Å². The number of carbonyl (C=O) groups excluding carboxylic acids is 3. The monoisotopic (exact) mass is 648 g/mol. The quantitative estimate of drug-likeness (QED) is 0.257. The molecule has 2 aliphatic rings. The molecule has 1 aromatic carbocycles. The second kappa shape index (κ2) is 15.4. The van der Waals surface area contributed by atoms with E-state index >= 15 is 0 Å². The Hall–Kier alpha value is -2.50. The van der Waals surface area contributed by atoms with Gasteiger partial charge in [-0.2, -0.15) is 0 Å². The van der Waals surface area contributed by atoms with Crippen LogP contribution in [-0.4, -0.2) is 89.5 Å². The Bertz CT molecular complexity index is 1260. The van der Waals surface area contributed by atoms with E-state index in [0.717, 1.165) is 31.2 Å². The molecule has 1 heterocycles. The standard InChI is InChI=1S/C34H56N4O6S/c1-8-45(43,44)34(6,7)30(35-23(2)39)32(42)36-27(19-18-24-14-10-9-11-15-24)29(40)22-38-21-26-17-13-12-16-25(26)20-28(38)31(41)37-33(3,4)5/h9-11,14-15,25-30,40H,8,12-13,16-22H2,1-7H3,(H,35,39)(H,36,42)(H,37,41)/t25-,26+,27-,28-,29+,30+/m0/s1. The van der Waals surface area contributed by atoms with Gasteiger partial charge in [0.2, 0.25) is 17.7 Å². The second-order valence-corrected chi connectivity index (χ2v) is 17.5. The first-order valence-corrected chi connectivity index (χ1v) is 18.2. The molecule has 254 valence electrons. The van der Waals surface area contributed by atoms with Crippen LogP contribution >= 0.6 is 0 Å². The molecule has 6 atom stereocenters. The van der Waals surface area contributed by atoms with Gasteiger partial charge in [-0.3, -0.25) is 19.3 Å². The number of aliphatic hydroxyl groups excluding tert-OH is 1. The number of rotatable bonds is 13. The summed E-state index contributed by atoms with van der Waals surface area (Å²) in [5.41, 5.74) is 0.628. The summed E-state index contributed by atoms with van der Waals surface area (Å²) < 4.78 is 24.5. The lowest BCUT2D eigenvalue weighted by Gasteiger charge is -2.47. The SMILES string of the molecule is CCS(=O)(=O)C(C)(C)[C@H](NC(C)=O)C(=O)N[C@@H](CCc1ccccc1)[C@H](O)CN1C[C@H]2CCCC[C@H]2C[C@H]1C(=O)NC(C)(C)C. The van der Waals surface area contributed by atoms with Crippen LogP contribution in [0.15, 0.2) is 30.3 Å². The third-order valence-corrected chi connectivity index (χ3v) is 12.2. The van der Waals surface area contributed by atoms with Crippen LogP contribution in [0, 0.1) is 11.8 Å². The predicted molar refractivity (Wildman–Crippen MR) is 177 cm³/mol. The Morgan fingerprint density at radius 3 is 2.20 bits per heavy atom. The highest BCUT2D eigenvalue weighted by atomic mass is 32.2. The summed E-state index contributed by atoms with van der Waals surface area (Å²) in [6.45, 7) is 12.4. The van der Waals surface area contributed by atoms with Gasteiger partial charge in [0.25, 0.3) is 0 Å². The molecule has 1 saturated carbocycles. The van der Waals surface area contributed by atoms with Gasteiger partial charge in [-0.05, 0) is 77.7 Å². The molecule has 1 saturated heterocycles. The number of nitrogens with one attached hydrogen (secondary N) is 3. The van der Waals surface area contributed by atoms with E-state index in [-0.39, 0.29) is 18.2 Å². The van der Waals surface area contributed by atoms with E-state index in [9.17, 15) is 27.9 Å². The first-order chi connectivity index (χ1) is 20.9. The molecule has 0 aromatic heterocycles. The van der Waals surface area contributed by atoms with Gasteiger partial charge in [0.05, 0.1) is 22.9 Å². The van der Waals surface area contributed by atoms with E-state index in [1.807, 2.05) is 51.1 Å². The third kappa shape index (κ3) is 9.99. The molecule has 0 spiro atoms. The Morgan fingerprint density at radius 2 is 1.62 bits per heavy atom. The average molecular weight is 649 g/mol. The van der Waals surface area contributed by atoms with E-state index < -0.39 is 56.2 Å². The van der Waals surface area contributed by atoms with Crippen LogP contribution in [0.4, 0.5) is 0 Å². The van der Waals surface area contributed by atoms with Crippen molar-refractivity contribution in [3.8, 4) is 0 Å². The number of aryl methyl sites for hydroxylation is 1. The van der Waals surface area contributed by atoms with Crippen LogP contribution in [-0.2, 0) is 30.6 Å².